The minimum Gasteiger partial charge on any atom is -0.369 e. The summed E-state index contributed by atoms with van der Waals surface area (Å²) in [5, 5.41) is 8.41. The van der Waals surface area contributed by atoms with Crippen LogP contribution in [-0.2, 0) is 0 Å². The molecular weight excluding hydrogens is 293 g/mol. The van der Waals surface area contributed by atoms with Crippen molar-refractivity contribution in [3.63, 3.8) is 0 Å². The number of hydrogen-bond acceptors (Lipinski definition) is 4. The maximum Gasteiger partial charge on any atom is 0.168 e. The van der Waals surface area contributed by atoms with Crippen molar-refractivity contribution in [1.82, 2.24) is 19.7 Å². The van der Waals surface area contributed by atoms with Gasteiger partial charge in [0.1, 0.15) is 23.6 Å². The van der Waals surface area contributed by atoms with E-state index in [-0.39, 0.29) is 10.7 Å². The number of halogens is 2. The first-order valence-corrected chi connectivity index (χ1v) is 6.97. The Morgan fingerprint density at radius 3 is 2.95 bits per heavy atom. The van der Waals surface area contributed by atoms with Crippen LogP contribution in [-0.4, -0.2) is 26.3 Å². The molecule has 0 radical (unpaired) electrons. The summed E-state index contributed by atoms with van der Waals surface area (Å²) in [6.07, 6.45) is 4.00. The average molecular weight is 306 g/mol. The first kappa shape index (κ1) is 13.8. The predicted molar refractivity (Wildman–Crippen MR) is 80.4 cm³/mol. The minimum absolute atomic E-state index is 0.189. The van der Waals surface area contributed by atoms with E-state index in [0.717, 1.165) is 18.4 Å². The first-order chi connectivity index (χ1) is 10.2. The van der Waals surface area contributed by atoms with Crippen LogP contribution in [0, 0.1) is 5.82 Å². The van der Waals surface area contributed by atoms with Crippen molar-refractivity contribution in [1.29, 1.82) is 0 Å². The molecule has 3 aromatic rings. The summed E-state index contributed by atoms with van der Waals surface area (Å²) < 4.78 is 15.4. The third-order valence-corrected chi connectivity index (χ3v) is 3.36. The van der Waals surface area contributed by atoms with Crippen LogP contribution in [0.3, 0.4) is 0 Å². The fourth-order valence-electron chi connectivity index (χ4n) is 2.08. The van der Waals surface area contributed by atoms with E-state index in [4.69, 9.17) is 11.6 Å². The van der Waals surface area contributed by atoms with Crippen molar-refractivity contribution in [2.45, 2.75) is 13.3 Å². The quantitative estimate of drug-likeness (QED) is 0.802. The van der Waals surface area contributed by atoms with Gasteiger partial charge in [0.05, 0.1) is 16.6 Å². The van der Waals surface area contributed by atoms with Crippen molar-refractivity contribution in [2.75, 3.05) is 11.9 Å². The number of rotatable bonds is 4. The van der Waals surface area contributed by atoms with Gasteiger partial charge in [0.15, 0.2) is 5.65 Å². The Bertz CT molecular complexity index is 766. The molecule has 0 bridgehead atoms. The van der Waals surface area contributed by atoms with Crippen molar-refractivity contribution in [3.8, 4) is 5.69 Å². The molecule has 0 aliphatic carbocycles. The zero-order valence-electron chi connectivity index (χ0n) is 11.3. The topological polar surface area (TPSA) is 55.6 Å². The molecule has 21 heavy (non-hydrogen) atoms. The molecule has 0 atom stereocenters. The molecular formula is C14H13ClFN5. The molecule has 108 valence electrons. The molecule has 0 unspecified atom stereocenters. The van der Waals surface area contributed by atoms with Gasteiger partial charge in [-0.05, 0) is 18.6 Å². The summed E-state index contributed by atoms with van der Waals surface area (Å²) in [7, 11) is 0. The van der Waals surface area contributed by atoms with Gasteiger partial charge in [-0.2, -0.15) is 5.10 Å². The Labute approximate surface area is 125 Å². The van der Waals surface area contributed by atoms with Crippen LogP contribution >= 0.6 is 11.6 Å². The lowest BCUT2D eigenvalue weighted by atomic mass is 10.3. The molecule has 3 rings (SSSR count). The Morgan fingerprint density at radius 2 is 2.19 bits per heavy atom. The van der Waals surface area contributed by atoms with Crippen LogP contribution < -0.4 is 5.32 Å². The molecule has 7 heteroatoms. The standard InChI is InChI=1S/C14H13ClFN5/c1-2-6-17-13-9-7-20-21(14(9)19-8-18-13)12-10(15)4-3-5-11(12)16/h3-5,7-8H,2,6H2,1H3,(H,17,18,19). The Kier molecular flexibility index (Phi) is 3.70. The lowest BCUT2D eigenvalue weighted by molar-refractivity contribution is 0.612. The number of nitrogens with one attached hydrogen (secondary N) is 1. The van der Waals surface area contributed by atoms with Gasteiger partial charge >= 0.3 is 0 Å². The fourth-order valence-corrected chi connectivity index (χ4v) is 2.33. The maximum atomic E-state index is 14.0. The molecule has 1 aromatic carbocycles. The van der Waals surface area contributed by atoms with Crippen molar-refractivity contribution in [3.05, 3.63) is 41.6 Å². The summed E-state index contributed by atoms with van der Waals surface area (Å²) in [6.45, 7) is 2.85. The molecule has 0 aliphatic heterocycles. The number of para-hydroxylation sites is 1. The molecule has 0 spiro atoms. The third kappa shape index (κ3) is 2.42. The molecule has 0 amide bonds. The molecule has 0 aliphatic rings. The highest BCUT2D eigenvalue weighted by Gasteiger charge is 2.16. The Balaban J connectivity index is 2.17. The molecule has 0 fully saturated rings. The van der Waals surface area contributed by atoms with Gasteiger partial charge in [-0.25, -0.2) is 19.0 Å². The Morgan fingerprint density at radius 1 is 1.33 bits per heavy atom. The largest absolute Gasteiger partial charge is 0.369 e. The van der Waals surface area contributed by atoms with Crippen molar-refractivity contribution < 1.29 is 4.39 Å². The van der Waals surface area contributed by atoms with Gasteiger partial charge in [-0.15, -0.1) is 0 Å². The zero-order valence-corrected chi connectivity index (χ0v) is 12.1. The predicted octanol–water partition coefficient (Wildman–Crippen LogP) is 3.43. The SMILES string of the molecule is CCCNc1ncnc2c1cnn2-c1c(F)cccc1Cl. The molecule has 5 nitrogen and oxygen atoms in total. The van der Waals surface area contributed by atoms with E-state index in [2.05, 4.69) is 27.3 Å². The van der Waals surface area contributed by atoms with Gasteiger partial charge in [0, 0.05) is 6.54 Å². The van der Waals surface area contributed by atoms with Gasteiger partial charge in [-0.3, -0.25) is 0 Å². The smallest absolute Gasteiger partial charge is 0.168 e. The average Bonchev–Trinajstić information content (AvgIpc) is 2.89. The molecule has 0 saturated carbocycles. The van der Waals surface area contributed by atoms with Crippen LogP contribution in [0.5, 0.6) is 0 Å². The van der Waals surface area contributed by atoms with Crippen LogP contribution in [0.15, 0.2) is 30.7 Å². The van der Waals surface area contributed by atoms with Gasteiger partial charge in [-0.1, -0.05) is 24.6 Å². The highest BCUT2D eigenvalue weighted by molar-refractivity contribution is 6.32. The minimum atomic E-state index is -0.450. The van der Waals surface area contributed by atoms with Gasteiger partial charge < -0.3 is 5.32 Å². The van der Waals surface area contributed by atoms with E-state index in [0.29, 0.717) is 11.5 Å². The van der Waals surface area contributed by atoms with E-state index in [1.54, 1.807) is 18.3 Å². The zero-order chi connectivity index (χ0) is 14.8. The van der Waals surface area contributed by atoms with Gasteiger partial charge in [0.2, 0.25) is 0 Å². The summed E-state index contributed by atoms with van der Waals surface area (Å²) in [5.74, 6) is 0.231. The van der Waals surface area contributed by atoms with Crippen molar-refractivity contribution in [2.24, 2.45) is 0 Å². The summed E-state index contributed by atoms with van der Waals surface area (Å²) in [6, 6.07) is 4.51. The maximum absolute atomic E-state index is 14.0. The number of aromatic nitrogens is 4. The number of fused-ring (bicyclic) bond motifs is 1. The van der Waals surface area contributed by atoms with Crippen LogP contribution in [0.2, 0.25) is 5.02 Å². The Hall–Kier alpha value is -2.21. The van der Waals surface area contributed by atoms with Crippen LogP contribution in [0.4, 0.5) is 10.2 Å². The number of benzene rings is 1. The monoisotopic (exact) mass is 305 g/mol. The summed E-state index contributed by atoms with van der Waals surface area (Å²) >= 11 is 6.08. The fraction of sp³-hybridized carbons (Fsp3) is 0.214. The summed E-state index contributed by atoms with van der Waals surface area (Å²) in [4.78, 5) is 8.39. The van der Waals surface area contributed by atoms with Gasteiger partial charge in [0.25, 0.3) is 0 Å². The van der Waals surface area contributed by atoms with E-state index in [1.165, 1.54) is 17.1 Å². The second kappa shape index (κ2) is 5.65. The van der Waals surface area contributed by atoms with E-state index >= 15 is 0 Å². The van der Waals surface area contributed by atoms with Crippen molar-refractivity contribution >= 4 is 28.5 Å². The highest BCUT2D eigenvalue weighted by Crippen LogP contribution is 2.27. The molecule has 2 heterocycles. The van der Waals surface area contributed by atoms with Crippen LogP contribution in [0.25, 0.3) is 16.7 Å². The first-order valence-electron chi connectivity index (χ1n) is 6.59. The van der Waals surface area contributed by atoms with E-state index in [9.17, 15) is 4.39 Å². The van der Waals surface area contributed by atoms with E-state index in [1.807, 2.05) is 0 Å². The van der Waals surface area contributed by atoms with E-state index < -0.39 is 5.82 Å². The lowest BCUT2D eigenvalue weighted by Crippen LogP contribution is -2.04. The molecule has 0 saturated heterocycles. The number of hydrogen-bond donors (Lipinski definition) is 1. The highest BCUT2D eigenvalue weighted by atomic mass is 35.5. The number of nitrogens with zero attached hydrogens (tertiary/aromatic N) is 4. The van der Waals surface area contributed by atoms with Crippen LogP contribution in [0.1, 0.15) is 13.3 Å². The number of anilines is 1. The second-order valence-electron chi connectivity index (χ2n) is 4.51. The summed E-state index contributed by atoms with van der Waals surface area (Å²) in [5.41, 5.74) is 0.699. The third-order valence-electron chi connectivity index (χ3n) is 3.06. The second-order valence-corrected chi connectivity index (χ2v) is 4.92. The molecule has 1 N–H and O–H groups in total. The lowest BCUT2D eigenvalue weighted by Gasteiger charge is -2.07. The molecule has 2 aromatic heterocycles. The normalized spacial score (nSPS) is 11.0.